The van der Waals surface area contributed by atoms with Crippen molar-refractivity contribution in [2.24, 2.45) is 0 Å². The van der Waals surface area contributed by atoms with Gasteiger partial charge in [0.15, 0.2) is 0 Å². The highest BCUT2D eigenvalue weighted by Crippen LogP contribution is 2.18. The average Bonchev–Trinajstić information content (AvgIpc) is 2.87. The van der Waals surface area contributed by atoms with Crippen LogP contribution in [0.1, 0.15) is 18.4 Å². The second-order valence-corrected chi connectivity index (χ2v) is 4.88. The highest BCUT2D eigenvalue weighted by atomic mass is 16.5. The van der Waals surface area contributed by atoms with Gasteiger partial charge in [-0.05, 0) is 29.5 Å². The molecule has 0 aliphatic carbocycles. The summed E-state index contributed by atoms with van der Waals surface area (Å²) in [5.41, 5.74) is 2.58. The highest BCUT2D eigenvalue weighted by Gasteiger charge is 2.02. The summed E-state index contributed by atoms with van der Waals surface area (Å²) in [6.45, 7) is 3.46. The Bertz CT molecular complexity index is 580. The molecule has 106 valence electrons. The van der Waals surface area contributed by atoms with Crippen LogP contribution < -0.4 is 5.32 Å². The summed E-state index contributed by atoms with van der Waals surface area (Å²) in [5.74, 6) is 2.69. The molecule has 0 aliphatic heterocycles. The van der Waals surface area contributed by atoms with Crippen LogP contribution in [0.5, 0.6) is 0 Å². The number of fused-ring (bicyclic) bond motifs is 1. The first-order valence-electron chi connectivity index (χ1n) is 7.06. The van der Waals surface area contributed by atoms with E-state index < -0.39 is 0 Å². The monoisotopic (exact) mass is 270 g/mol. The number of methoxy groups -OCH3 is 1. The van der Waals surface area contributed by atoms with Gasteiger partial charge in [0.2, 0.25) is 0 Å². The first-order chi connectivity index (χ1) is 9.85. The van der Waals surface area contributed by atoms with Gasteiger partial charge in [-0.25, -0.2) is 0 Å². The molecule has 0 radical (unpaired) electrons. The molecule has 0 spiro atoms. The minimum Gasteiger partial charge on any atom is -0.383 e. The van der Waals surface area contributed by atoms with Gasteiger partial charge in [0.1, 0.15) is 0 Å². The third kappa shape index (κ3) is 3.86. The first-order valence-corrected chi connectivity index (χ1v) is 7.06. The zero-order valence-corrected chi connectivity index (χ0v) is 12.1. The van der Waals surface area contributed by atoms with Crippen LogP contribution in [0.4, 0.5) is 0 Å². The number of unbranched alkanes of at least 4 members (excludes halogenated alkanes) is 1. The fourth-order valence-electron chi connectivity index (χ4n) is 2.29. The summed E-state index contributed by atoms with van der Waals surface area (Å²) < 4.78 is 7.31. The second kappa shape index (κ2) is 7.74. The number of ether oxygens (including phenoxy) is 1. The Morgan fingerprint density at radius 3 is 3.05 bits per heavy atom. The molecule has 1 N–H and O–H groups in total. The Morgan fingerprint density at radius 1 is 1.35 bits per heavy atom. The highest BCUT2D eigenvalue weighted by molar-refractivity contribution is 5.80. The molecule has 0 unspecified atom stereocenters. The van der Waals surface area contributed by atoms with Crippen LogP contribution >= 0.6 is 0 Å². The van der Waals surface area contributed by atoms with E-state index in [0.29, 0.717) is 0 Å². The van der Waals surface area contributed by atoms with Crippen molar-refractivity contribution in [1.29, 1.82) is 0 Å². The van der Waals surface area contributed by atoms with Crippen LogP contribution in [0.2, 0.25) is 0 Å². The smallest absolute Gasteiger partial charge is 0.0587 e. The number of benzene rings is 1. The van der Waals surface area contributed by atoms with Crippen molar-refractivity contribution >= 4 is 10.9 Å². The van der Waals surface area contributed by atoms with E-state index in [2.05, 4.69) is 46.3 Å². The number of nitrogens with one attached hydrogen (secondary N) is 1. The molecule has 0 saturated heterocycles. The summed E-state index contributed by atoms with van der Waals surface area (Å²) in [6, 6.07) is 8.77. The van der Waals surface area contributed by atoms with E-state index in [0.717, 1.165) is 39.1 Å². The molecule has 0 fully saturated rings. The minimum atomic E-state index is 0.741. The van der Waals surface area contributed by atoms with E-state index >= 15 is 0 Å². The Balaban J connectivity index is 2.03. The van der Waals surface area contributed by atoms with Crippen molar-refractivity contribution in [2.45, 2.75) is 25.9 Å². The summed E-state index contributed by atoms with van der Waals surface area (Å²) in [4.78, 5) is 0. The van der Waals surface area contributed by atoms with Gasteiger partial charge in [-0.2, -0.15) is 0 Å². The molecule has 3 heteroatoms. The van der Waals surface area contributed by atoms with Crippen molar-refractivity contribution < 1.29 is 4.74 Å². The van der Waals surface area contributed by atoms with E-state index in [1.165, 1.54) is 16.5 Å². The van der Waals surface area contributed by atoms with Crippen LogP contribution in [0, 0.1) is 12.3 Å². The summed E-state index contributed by atoms with van der Waals surface area (Å²) in [5, 5.41) is 4.65. The quantitative estimate of drug-likeness (QED) is 0.589. The van der Waals surface area contributed by atoms with Crippen LogP contribution in [0.25, 0.3) is 10.9 Å². The van der Waals surface area contributed by atoms with Gasteiger partial charge < -0.3 is 14.6 Å². The second-order valence-electron chi connectivity index (χ2n) is 4.88. The zero-order chi connectivity index (χ0) is 14.2. The van der Waals surface area contributed by atoms with Gasteiger partial charge in [-0.15, -0.1) is 12.3 Å². The molecule has 0 bridgehead atoms. The SMILES string of the molecule is C#CCCCn1ccc2ccc(CNCCOC)cc21. The maximum Gasteiger partial charge on any atom is 0.0587 e. The average molecular weight is 270 g/mol. The van der Waals surface area contributed by atoms with Gasteiger partial charge >= 0.3 is 0 Å². The lowest BCUT2D eigenvalue weighted by atomic mass is 10.1. The van der Waals surface area contributed by atoms with Gasteiger partial charge in [-0.3, -0.25) is 0 Å². The molecule has 1 aromatic heterocycles. The third-order valence-corrected chi connectivity index (χ3v) is 3.37. The minimum absolute atomic E-state index is 0.741. The molecule has 1 heterocycles. The molecule has 1 aromatic carbocycles. The standard InChI is InChI=1S/C17H22N2O/c1-3-4-5-10-19-11-8-16-7-6-15(13-17(16)19)14-18-9-12-20-2/h1,6-8,11,13,18H,4-5,9-10,12,14H2,2H3. The summed E-state index contributed by atoms with van der Waals surface area (Å²) in [7, 11) is 1.72. The fraction of sp³-hybridized carbons (Fsp3) is 0.412. The predicted octanol–water partition coefficient (Wildman–Crippen LogP) is 2.79. The van der Waals surface area contributed by atoms with Crippen LogP contribution in [-0.4, -0.2) is 24.8 Å². The normalized spacial score (nSPS) is 10.8. The molecular weight excluding hydrogens is 248 g/mol. The Kier molecular flexibility index (Phi) is 5.67. The van der Waals surface area contributed by atoms with Crippen molar-refractivity contribution in [2.75, 3.05) is 20.3 Å². The number of terminal acetylenes is 1. The van der Waals surface area contributed by atoms with Gasteiger partial charge in [0, 0.05) is 44.9 Å². The van der Waals surface area contributed by atoms with Gasteiger partial charge in [0.25, 0.3) is 0 Å². The van der Waals surface area contributed by atoms with Crippen LogP contribution in [0.15, 0.2) is 30.5 Å². The van der Waals surface area contributed by atoms with Crippen LogP contribution in [0.3, 0.4) is 0 Å². The zero-order valence-electron chi connectivity index (χ0n) is 12.1. The Hall–Kier alpha value is -1.76. The predicted molar refractivity (Wildman–Crippen MR) is 83.6 cm³/mol. The molecule has 2 rings (SSSR count). The molecule has 3 nitrogen and oxygen atoms in total. The van der Waals surface area contributed by atoms with Crippen molar-refractivity contribution in [3.63, 3.8) is 0 Å². The van der Waals surface area contributed by atoms with Crippen molar-refractivity contribution in [3.05, 3.63) is 36.0 Å². The molecule has 0 amide bonds. The molecular formula is C17H22N2O. The molecule has 20 heavy (non-hydrogen) atoms. The maximum atomic E-state index is 5.31. The third-order valence-electron chi connectivity index (χ3n) is 3.37. The van der Waals surface area contributed by atoms with E-state index in [9.17, 15) is 0 Å². The van der Waals surface area contributed by atoms with Crippen molar-refractivity contribution in [1.82, 2.24) is 9.88 Å². The first kappa shape index (κ1) is 14.6. The van der Waals surface area contributed by atoms with Crippen molar-refractivity contribution in [3.8, 4) is 12.3 Å². The van der Waals surface area contributed by atoms with E-state index in [1.54, 1.807) is 7.11 Å². The number of aryl methyl sites for hydroxylation is 1. The van der Waals surface area contributed by atoms with Gasteiger partial charge in [-0.1, -0.05) is 12.1 Å². The molecule has 2 aromatic rings. The topological polar surface area (TPSA) is 26.2 Å². The molecule has 0 atom stereocenters. The van der Waals surface area contributed by atoms with E-state index in [1.807, 2.05) is 0 Å². The van der Waals surface area contributed by atoms with Gasteiger partial charge in [0.05, 0.1) is 6.61 Å². The summed E-state index contributed by atoms with van der Waals surface area (Å²) >= 11 is 0. The lowest BCUT2D eigenvalue weighted by Crippen LogP contribution is -2.18. The molecule has 0 aliphatic rings. The summed E-state index contributed by atoms with van der Waals surface area (Å²) in [6.07, 6.45) is 9.30. The Morgan fingerprint density at radius 2 is 2.25 bits per heavy atom. The van der Waals surface area contributed by atoms with E-state index in [-0.39, 0.29) is 0 Å². The largest absolute Gasteiger partial charge is 0.383 e. The molecule has 0 saturated carbocycles. The lowest BCUT2D eigenvalue weighted by Gasteiger charge is -2.07. The number of aromatic nitrogens is 1. The fourth-order valence-corrected chi connectivity index (χ4v) is 2.29. The van der Waals surface area contributed by atoms with E-state index in [4.69, 9.17) is 11.2 Å². The Labute approximate surface area is 120 Å². The lowest BCUT2D eigenvalue weighted by molar-refractivity contribution is 0.199. The number of hydrogen-bond donors (Lipinski definition) is 1. The maximum absolute atomic E-state index is 5.31. The van der Waals surface area contributed by atoms with Crippen LogP contribution in [-0.2, 0) is 17.8 Å². The number of rotatable bonds is 8. The number of hydrogen-bond acceptors (Lipinski definition) is 2. The number of nitrogens with zero attached hydrogens (tertiary/aromatic N) is 1.